The van der Waals surface area contributed by atoms with Crippen LogP contribution in [0.4, 0.5) is 0 Å². The zero-order chi connectivity index (χ0) is 15.9. The van der Waals surface area contributed by atoms with Crippen molar-refractivity contribution in [2.75, 3.05) is 6.61 Å². The molecule has 2 aromatic carbocycles. The van der Waals surface area contributed by atoms with Crippen LogP contribution in [-0.2, 0) is 9.53 Å². The summed E-state index contributed by atoms with van der Waals surface area (Å²) in [7, 11) is 0. The minimum absolute atomic E-state index is 0.0549. The minimum atomic E-state index is -0.313. The Balaban J connectivity index is 1.47. The number of hydrogen-bond acceptors (Lipinski definition) is 3. The van der Waals surface area contributed by atoms with E-state index in [1.54, 1.807) is 12.1 Å². The van der Waals surface area contributed by atoms with Crippen LogP contribution in [0.5, 0.6) is 5.75 Å². The number of rotatable bonds is 5. The van der Waals surface area contributed by atoms with Crippen molar-refractivity contribution in [1.82, 2.24) is 0 Å². The van der Waals surface area contributed by atoms with E-state index in [4.69, 9.17) is 9.47 Å². The summed E-state index contributed by atoms with van der Waals surface area (Å²) in [5, 5.41) is 0. The molecular weight excluding hydrogens is 404 g/mol. The van der Waals surface area contributed by atoms with Gasteiger partial charge >= 0.3 is 146 Å². The summed E-state index contributed by atoms with van der Waals surface area (Å²) >= 11 is -0.313. The van der Waals surface area contributed by atoms with Gasteiger partial charge in [-0.25, -0.2) is 0 Å². The Morgan fingerprint density at radius 1 is 1.13 bits per heavy atom. The normalized spacial score (nSPS) is 19.0. The van der Waals surface area contributed by atoms with Crippen LogP contribution in [0.2, 0.25) is 0 Å². The van der Waals surface area contributed by atoms with E-state index in [9.17, 15) is 4.79 Å². The summed E-state index contributed by atoms with van der Waals surface area (Å²) in [6, 6.07) is 19.7. The molecular formula is C19H18O3Te. The molecule has 1 heterocycles. The zero-order valence-corrected chi connectivity index (χ0v) is 15.0. The van der Waals surface area contributed by atoms with Gasteiger partial charge in [-0.05, 0) is 0 Å². The van der Waals surface area contributed by atoms with Crippen molar-refractivity contribution < 1.29 is 14.3 Å². The Morgan fingerprint density at radius 3 is 2.57 bits per heavy atom. The molecule has 0 saturated carbocycles. The van der Waals surface area contributed by atoms with E-state index >= 15 is 0 Å². The van der Waals surface area contributed by atoms with E-state index < -0.39 is 0 Å². The van der Waals surface area contributed by atoms with Crippen LogP contribution >= 0.6 is 0 Å². The molecule has 1 saturated heterocycles. The molecule has 0 radical (unpaired) electrons. The molecule has 4 heteroatoms. The molecule has 0 aromatic heterocycles. The fraction of sp³-hybridized carbons (Fsp3) is 0.211. The van der Waals surface area contributed by atoms with Gasteiger partial charge in [-0.3, -0.25) is 0 Å². The predicted octanol–water partition coefficient (Wildman–Crippen LogP) is 2.68. The number of carbonyl (C=O) groups is 1. The molecule has 0 N–H and O–H groups in total. The van der Waals surface area contributed by atoms with Crippen LogP contribution in [0.1, 0.15) is 12.8 Å². The molecule has 23 heavy (non-hydrogen) atoms. The molecule has 1 aliphatic rings. The Hall–Kier alpha value is -1.60. The monoisotopic (exact) mass is 424 g/mol. The molecule has 118 valence electrons. The molecule has 1 unspecified atom stereocenters. The average Bonchev–Trinajstić information content (AvgIpc) is 3.02. The average molecular weight is 422 g/mol. The summed E-state index contributed by atoms with van der Waals surface area (Å²) in [5.74, 6) is 0.351. The molecule has 1 atom stereocenters. The van der Waals surface area contributed by atoms with Gasteiger partial charge in [0.1, 0.15) is 0 Å². The second kappa shape index (κ2) is 8.31. The van der Waals surface area contributed by atoms with E-state index in [1.807, 2.05) is 24.3 Å². The van der Waals surface area contributed by atoms with E-state index in [-0.39, 0.29) is 33.0 Å². The van der Waals surface area contributed by atoms with Gasteiger partial charge in [-0.2, -0.15) is 0 Å². The first-order chi connectivity index (χ1) is 11.3. The van der Waals surface area contributed by atoms with Crippen LogP contribution in [0, 0.1) is 0 Å². The third-order valence-electron chi connectivity index (χ3n) is 3.47. The van der Waals surface area contributed by atoms with Gasteiger partial charge in [0.05, 0.1) is 0 Å². The Morgan fingerprint density at radius 2 is 1.83 bits per heavy atom. The summed E-state index contributed by atoms with van der Waals surface area (Å²) in [6.07, 6.45) is 1.08. The summed E-state index contributed by atoms with van der Waals surface area (Å²) < 4.78 is 14.8. The predicted molar refractivity (Wildman–Crippen MR) is 91.0 cm³/mol. The number of benzene rings is 2. The molecule has 3 nitrogen and oxygen atoms in total. The molecule has 1 aliphatic heterocycles. The molecule has 3 rings (SSSR count). The number of hydrogen-bond donors (Lipinski definition) is 0. The topological polar surface area (TPSA) is 35.5 Å². The van der Waals surface area contributed by atoms with E-state index in [0.717, 1.165) is 6.42 Å². The maximum absolute atomic E-state index is 11.9. The molecule has 2 aromatic rings. The number of esters is 1. The van der Waals surface area contributed by atoms with E-state index in [2.05, 4.69) is 28.4 Å². The Bertz CT molecular complexity index is 668. The molecule has 0 aliphatic carbocycles. The van der Waals surface area contributed by atoms with Crippen molar-refractivity contribution in [1.29, 1.82) is 0 Å². The first-order valence-electron chi connectivity index (χ1n) is 7.56. The molecule has 0 amide bonds. The first-order valence-corrected chi connectivity index (χ1v) is 10.1. The van der Waals surface area contributed by atoms with Crippen molar-refractivity contribution in [3.8, 4) is 5.75 Å². The second-order valence-electron chi connectivity index (χ2n) is 5.34. The van der Waals surface area contributed by atoms with E-state index in [1.165, 1.54) is 9.18 Å². The molecule has 0 spiro atoms. The summed E-state index contributed by atoms with van der Waals surface area (Å²) in [6.45, 7) is 0.640. The van der Waals surface area contributed by atoms with Crippen molar-refractivity contribution in [3.63, 3.8) is 0 Å². The Labute approximate surface area is 146 Å². The standard InChI is InChI=1S/C19H18O3Te/c20-19(22-16-7-3-1-4-8-16)12-17-11-15(13-21-17)14-23-18-9-5-2-6-10-18/h1-10,14,17H,11-13H2/b15-14-. The number of carbonyl (C=O) groups excluding carboxylic acids is 1. The van der Waals surface area contributed by atoms with Crippen LogP contribution in [0.3, 0.4) is 0 Å². The van der Waals surface area contributed by atoms with Gasteiger partial charge in [0.15, 0.2) is 0 Å². The van der Waals surface area contributed by atoms with Crippen molar-refractivity contribution in [3.05, 3.63) is 70.4 Å². The quantitative estimate of drug-likeness (QED) is 0.423. The number of ether oxygens (including phenoxy) is 2. The van der Waals surface area contributed by atoms with Gasteiger partial charge in [-0.15, -0.1) is 0 Å². The van der Waals surface area contributed by atoms with Gasteiger partial charge in [0.25, 0.3) is 0 Å². The second-order valence-corrected chi connectivity index (χ2v) is 8.03. The molecule has 0 bridgehead atoms. The zero-order valence-electron chi connectivity index (χ0n) is 12.7. The van der Waals surface area contributed by atoms with Crippen molar-refractivity contribution >= 4 is 30.5 Å². The maximum atomic E-state index is 11.9. The number of para-hydroxylation sites is 1. The van der Waals surface area contributed by atoms with Crippen molar-refractivity contribution in [2.45, 2.75) is 18.9 Å². The fourth-order valence-electron chi connectivity index (χ4n) is 2.35. The van der Waals surface area contributed by atoms with Crippen LogP contribution in [0.25, 0.3) is 0 Å². The molecule has 1 fully saturated rings. The third kappa shape index (κ3) is 5.21. The van der Waals surface area contributed by atoms with Crippen LogP contribution in [-0.4, -0.2) is 39.6 Å². The first kappa shape index (κ1) is 16.3. The SMILES string of the molecule is O=C(CC1C/C(=C/[Te]c2ccccc2)CO1)Oc1ccccc1. The van der Waals surface area contributed by atoms with Gasteiger partial charge in [-0.1, -0.05) is 0 Å². The summed E-state index contributed by atoms with van der Waals surface area (Å²) in [4.78, 5) is 11.9. The van der Waals surface area contributed by atoms with Crippen molar-refractivity contribution in [2.24, 2.45) is 0 Å². The van der Waals surface area contributed by atoms with Crippen LogP contribution in [0.15, 0.2) is 70.4 Å². The van der Waals surface area contributed by atoms with Gasteiger partial charge in [0.2, 0.25) is 0 Å². The van der Waals surface area contributed by atoms with Crippen LogP contribution < -0.4 is 8.35 Å². The fourth-order valence-corrected chi connectivity index (χ4v) is 4.58. The third-order valence-corrected chi connectivity index (χ3v) is 6.31. The van der Waals surface area contributed by atoms with E-state index in [0.29, 0.717) is 18.8 Å². The Kier molecular flexibility index (Phi) is 5.87. The van der Waals surface area contributed by atoms with Gasteiger partial charge < -0.3 is 0 Å². The van der Waals surface area contributed by atoms with Gasteiger partial charge in [0, 0.05) is 0 Å². The summed E-state index contributed by atoms with van der Waals surface area (Å²) in [5.41, 5.74) is 1.31.